The summed E-state index contributed by atoms with van der Waals surface area (Å²) in [6.07, 6.45) is 4.94. The van der Waals surface area contributed by atoms with E-state index in [1.54, 1.807) is 0 Å². The molecule has 0 bridgehead atoms. The molecule has 0 unspecified atom stereocenters. The van der Waals surface area contributed by atoms with Gasteiger partial charge in [-0.25, -0.2) is 4.79 Å². The predicted octanol–water partition coefficient (Wildman–Crippen LogP) is 0.551. The normalized spacial score (nSPS) is 19.9. The second kappa shape index (κ2) is 6.32. The molecular formula is C14H23N3O4. The fraction of sp³-hybridized carbons (Fsp3) is 0.786. The van der Waals surface area contributed by atoms with Crippen molar-refractivity contribution in [3.63, 3.8) is 0 Å². The van der Waals surface area contributed by atoms with Crippen LogP contribution in [-0.4, -0.2) is 54.1 Å². The minimum atomic E-state index is -0.852. The number of nitrogens with one attached hydrogen (secondary N) is 2. The van der Waals surface area contributed by atoms with Gasteiger partial charge in [0.15, 0.2) is 0 Å². The van der Waals surface area contributed by atoms with E-state index in [9.17, 15) is 19.5 Å². The Bertz CT molecular complexity index is 428. The van der Waals surface area contributed by atoms with Gasteiger partial charge < -0.3 is 20.6 Å². The van der Waals surface area contributed by atoms with Gasteiger partial charge in [0.2, 0.25) is 5.91 Å². The third kappa shape index (κ3) is 4.09. The Morgan fingerprint density at radius 1 is 1.24 bits per heavy atom. The van der Waals surface area contributed by atoms with Crippen LogP contribution in [0.5, 0.6) is 0 Å². The summed E-state index contributed by atoms with van der Waals surface area (Å²) in [4.78, 5) is 36.2. The van der Waals surface area contributed by atoms with Crippen LogP contribution >= 0.6 is 0 Å². The molecule has 2 aliphatic carbocycles. The summed E-state index contributed by atoms with van der Waals surface area (Å²) < 4.78 is 0. The molecule has 21 heavy (non-hydrogen) atoms. The van der Waals surface area contributed by atoms with Crippen LogP contribution in [0, 0.1) is 5.41 Å². The third-order valence-electron chi connectivity index (χ3n) is 4.26. The molecule has 3 N–H and O–H groups in total. The number of amides is 3. The number of carboxylic acid groups (broad SMARTS) is 1. The lowest BCUT2D eigenvalue weighted by atomic mass is 9.86. The van der Waals surface area contributed by atoms with Gasteiger partial charge in [0, 0.05) is 19.6 Å². The van der Waals surface area contributed by atoms with Crippen molar-refractivity contribution in [1.82, 2.24) is 15.5 Å². The molecule has 0 aliphatic heterocycles. The number of hydrogen-bond acceptors (Lipinski definition) is 3. The van der Waals surface area contributed by atoms with Crippen LogP contribution in [0.4, 0.5) is 4.79 Å². The van der Waals surface area contributed by atoms with Crippen LogP contribution in [0.25, 0.3) is 0 Å². The van der Waals surface area contributed by atoms with Crippen molar-refractivity contribution in [3.8, 4) is 0 Å². The second-order valence-corrected chi connectivity index (χ2v) is 6.15. The lowest BCUT2D eigenvalue weighted by Gasteiger charge is -2.26. The Morgan fingerprint density at radius 2 is 1.86 bits per heavy atom. The minimum Gasteiger partial charge on any atom is -0.481 e. The topological polar surface area (TPSA) is 98.7 Å². The maximum absolute atomic E-state index is 11.9. The largest absolute Gasteiger partial charge is 0.481 e. The number of likely N-dealkylation sites (N-methyl/N-ethyl adjacent to an activating group) is 1. The maximum Gasteiger partial charge on any atom is 0.317 e. The van der Waals surface area contributed by atoms with E-state index in [4.69, 9.17) is 0 Å². The van der Waals surface area contributed by atoms with Crippen LogP contribution < -0.4 is 10.6 Å². The monoisotopic (exact) mass is 297 g/mol. The molecule has 0 saturated heterocycles. The molecule has 0 heterocycles. The Hall–Kier alpha value is -1.79. The fourth-order valence-electron chi connectivity index (χ4n) is 2.69. The first-order valence-corrected chi connectivity index (χ1v) is 7.45. The summed E-state index contributed by atoms with van der Waals surface area (Å²) in [5.74, 6) is -1.03. The number of carbonyl (C=O) groups excluding carboxylic acids is 2. The number of carboxylic acids is 1. The van der Waals surface area contributed by atoms with Gasteiger partial charge in [0.1, 0.15) is 6.54 Å². The van der Waals surface area contributed by atoms with E-state index >= 15 is 0 Å². The van der Waals surface area contributed by atoms with Gasteiger partial charge in [-0.05, 0) is 25.7 Å². The van der Waals surface area contributed by atoms with E-state index in [-0.39, 0.29) is 25.0 Å². The van der Waals surface area contributed by atoms with E-state index in [1.807, 2.05) is 0 Å². The lowest BCUT2D eigenvalue weighted by molar-refractivity contribution is -0.148. The quantitative estimate of drug-likeness (QED) is 0.667. The minimum absolute atomic E-state index is 0.0115. The van der Waals surface area contributed by atoms with Gasteiger partial charge in [-0.2, -0.15) is 0 Å². The van der Waals surface area contributed by atoms with Crippen molar-refractivity contribution in [1.29, 1.82) is 0 Å². The van der Waals surface area contributed by atoms with Gasteiger partial charge >= 0.3 is 12.0 Å². The molecule has 2 fully saturated rings. The molecule has 0 aromatic carbocycles. The number of urea groups is 1. The number of rotatable bonds is 6. The zero-order chi connectivity index (χ0) is 15.5. The Labute approximate surface area is 124 Å². The molecule has 7 heteroatoms. The highest BCUT2D eigenvalue weighted by Crippen LogP contribution is 2.37. The van der Waals surface area contributed by atoms with Gasteiger partial charge in [0.25, 0.3) is 0 Å². The standard InChI is InChI=1S/C14H23N3O4/c1-17(8-11(18)16-10-4-5-10)13(21)15-9-14(12(19)20)6-2-3-7-14/h10H,2-9H2,1H3,(H,15,21)(H,16,18)(H,19,20). The van der Waals surface area contributed by atoms with Crippen molar-refractivity contribution in [2.45, 2.75) is 44.6 Å². The molecular weight excluding hydrogens is 274 g/mol. The fourth-order valence-corrected chi connectivity index (χ4v) is 2.69. The van der Waals surface area contributed by atoms with Crippen molar-refractivity contribution in [2.75, 3.05) is 20.1 Å². The Balaban J connectivity index is 1.77. The van der Waals surface area contributed by atoms with Gasteiger partial charge in [0.05, 0.1) is 5.41 Å². The number of nitrogens with zero attached hydrogens (tertiary/aromatic N) is 1. The van der Waals surface area contributed by atoms with Crippen LogP contribution in [0.15, 0.2) is 0 Å². The molecule has 2 rings (SSSR count). The average molecular weight is 297 g/mol. The summed E-state index contributed by atoms with van der Waals surface area (Å²) in [6, 6.07) is -0.142. The van der Waals surface area contributed by atoms with Gasteiger partial charge in [-0.15, -0.1) is 0 Å². The molecule has 0 radical (unpaired) electrons. The molecule has 7 nitrogen and oxygen atoms in total. The van der Waals surface area contributed by atoms with Crippen LogP contribution in [-0.2, 0) is 9.59 Å². The molecule has 0 atom stereocenters. The van der Waals surface area contributed by atoms with Crippen LogP contribution in [0.2, 0.25) is 0 Å². The van der Waals surface area contributed by atoms with Crippen molar-refractivity contribution in [2.24, 2.45) is 5.41 Å². The van der Waals surface area contributed by atoms with E-state index in [0.717, 1.165) is 25.7 Å². The Kier molecular flexibility index (Phi) is 4.69. The van der Waals surface area contributed by atoms with E-state index in [0.29, 0.717) is 12.8 Å². The first kappa shape index (κ1) is 15.6. The van der Waals surface area contributed by atoms with Crippen molar-refractivity contribution in [3.05, 3.63) is 0 Å². The van der Waals surface area contributed by atoms with E-state index < -0.39 is 17.4 Å². The smallest absolute Gasteiger partial charge is 0.317 e. The number of aliphatic carboxylic acids is 1. The zero-order valence-corrected chi connectivity index (χ0v) is 12.4. The molecule has 118 valence electrons. The Morgan fingerprint density at radius 3 is 2.38 bits per heavy atom. The van der Waals surface area contributed by atoms with E-state index in [1.165, 1.54) is 11.9 Å². The van der Waals surface area contributed by atoms with Gasteiger partial charge in [-0.3, -0.25) is 9.59 Å². The maximum atomic E-state index is 11.9. The van der Waals surface area contributed by atoms with Crippen LogP contribution in [0.1, 0.15) is 38.5 Å². The molecule has 0 aromatic rings. The van der Waals surface area contributed by atoms with Crippen molar-refractivity contribution < 1.29 is 19.5 Å². The highest BCUT2D eigenvalue weighted by Gasteiger charge is 2.41. The molecule has 2 saturated carbocycles. The number of carbonyl (C=O) groups is 3. The van der Waals surface area contributed by atoms with Gasteiger partial charge in [-0.1, -0.05) is 12.8 Å². The lowest BCUT2D eigenvalue weighted by Crippen LogP contribution is -2.48. The van der Waals surface area contributed by atoms with E-state index in [2.05, 4.69) is 10.6 Å². The summed E-state index contributed by atoms with van der Waals surface area (Å²) >= 11 is 0. The zero-order valence-electron chi connectivity index (χ0n) is 12.4. The SMILES string of the molecule is CN(CC(=O)NC1CC1)C(=O)NCC1(C(=O)O)CCCC1. The summed E-state index contributed by atoms with van der Waals surface area (Å²) in [7, 11) is 1.53. The summed E-state index contributed by atoms with van der Waals surface area (Å²) in [5, 5.41) is 14.8. The highest BCUT2D eigenvalue weighted by atomic mass is 16.4. The molecule has 0 aromatic heterocycles. The third-order valence-corrected chi connectivity index (χ3v) is 4.26. The molecule has 2 aliphatic rings. The molecule has 3 amide bonds. The average Bonchev–Trinajstić information content (AvgIpc) is 3.09. The van der Waals surface area contributed by atoms with Crippen molar-refractivity contribution >= 4 is 17.9 Å². The first-order valence-electron chi connectivity index (χ1n) is 7.45. The first-order chi connectivity index (χ1) is 9.93. The number of hydrogen-bond donors (Lipinski definition) is 3. The summed E-state index contributed by atoms with van der Waals surface area (Å²) in [6.45, 7) is 0.109. The van der Waals surface area contributed by atoms with Crippen LogP contribution in [0.3, 0.4) is 0 Å². The second-order valence-electron chi connectivity index (χ2n) is 6.15. The highest BCUT2D eigenvalue weighted by molar-refractivity contribution is 5.84. The molecule has 0 spiro atoms. The summed E-state index contributed by atoms with van der Waals surface area (Å²) in [5.41, 5.74) is -0.841. The predicted molar refractivity (Wildman–Crippen MR) is 75.7 cm³/mol.